The zero-order valence-electron chi connectivity index (χ0n) is 20.5. The van der Waals surface area contributed by atoms with Gasteiger partial charge in [-0.25, -0.2) is 4.79 Å². The van der Waals surface area contributed by atoms with Crippen molar-refractivity contribution in [2.24, 2.45) is 0 Å². The minimum absolute atomic E-state index is 0.0562. The predicted octanol–water partition coefficient (Wildman–Crippen LogP) is 7.27. The molecule has 41 heavy (non-hydrogen) atoms. The quantitative estimate of drug-likeness (QED) is 0.191. The number of urea groups is 1. The Bertz CT molecular complexity index is 1500. The van der Waals surface area contributed by atoms with Gasteiger partial charge in [0.15, 0.2) is 0 Å². The van der Waals surface area contributed by atoms with Crippen LogP contribution >= 0.6 is 22.9 Å². The Morgan fingerprint density at radius 1 is 0.829 bits per heavy atom. The minimum atomic E-state index is -5.10. The van der Waals surface area contributed by atoms with E-state index in [0.717, 1.165) is 11.3 Å². The van der Waals surface area contributed by atoms with E-state index < -0.39 is 47.1 Å². The number of hydrogen-bond donors (Lipinski definition) is 3. The number of carbonyl (C=O) groups is 2. The van der Waals surface area contributed by atoms with E-state index in [4.69, 9.17) is 11.6 Å². The number of benzene rings is 3. The van der Waals surface area contributed by atoms with Gasteiger partial charge in [0.1, 0.15) is 11.0 Å². The molecule has 1 atom stereocenters. The van der Waals surface area contributed by atoms with Gasteiger partial charge in [-0.05, 0) is 35.9 Å². The second kappa shape index (κ2) is 12.1. The molecule has 3 amide bonds. The molecule has 1 aromatic heterocycles. The molecule has 4 rings (SSSR count). The summed E-state index contributed by atoms with van der Waals surface area (Å²) in [4.78, 5) is 25.8. The van der Waals surface area contributed by atoms with Gasteiger partial charge in [0.25, 0.3) is 0 Å². The molecule has 0 radical (unpaired) electrons. The van der Waals surface area contributed by atoms with Crippen molar-refractivity contribution in [3.05, 3.63) is 94.5 Å². The van der Waals surface area contributed by atoms with Crippen LogP contribution in [-0.2, 0) is 23.6 Å². The first-order valence-corrected chi connectivity index (χ1v) is 12.8. The second-order valence-electron chi connectivity index (χ2n) is 8.54. The summed E-state index contributed by atoms with van der Waals surface area (Å²) in [6.45, 7) is 0. The Hall–Kier alpha value is -4.17. The summed E-state index contributed by atoms with van der Waals surface area (Å²) >= 11 is 6.93. The Labute approximate surface area is 237 Å². The summed E-state index contributed by atoms with van der Waals surface area (Å²) in [5, 5.41) is 15.8. The maximum Gasteiger partial charge on any atom is 0.416 e. The molecule has 0 saturated heterocycles. The summed E-state index contributed by atoms with van der Waals surface area (Å²) in [6.07, 6.45) is -10.3. The molecule has 3 N–H and O–H groups in total. The highest BCUT2D eigenvalue weighted by Crippen LogP contribution is 2.37. The zero-order valence-corrected chi connectivity index (χ0v) is 22.1. The fourth-order valence-corrected chi connectivity index (χ4v) is 4.46. The molecule has 0 fully saturated rings. The average molecular weight is 614 g/mol. The van der Waals surface area contributed by atoms with Gasteiger partial charge in [-0.2, -0.15) is 26.3 Å². The average Bonchev–Trinajstić information content (AvgIpc) is 3.36. The molecule has 3 aromatic carbocycles. The lowest BCUT2D eigenvalue weighted by Gasteiger charge is -2.19. The summed E-state index contributed by atoms with van der Waals surface area (Å²) in [7, 11) is 0. The largest absolute Gasteiger partial charge is 0.416 e. The number of hydrogen-bond acceptors (Lipinski definition) is 5. The number of alkyl halides is 6. The van der Waals surface area contributed by atoms with Crippen molar-refractivity contribution >= 4 is 45.7 Å². The van der Waals surface area contributed by atoms with E-state index in [0.29, 0.717) is 33.3 Å². The number of carbonyl (C=O) groups excluding carboxylic acids is 2. The monoisotopic (exact) mass is 613 g/mol. The molecule has 0 aliphatic heterocycles. The van der Waals surface area contributed by atoms with Crippen LogP contribution in [0.4, 0.5) is 42.0 Å². The van der Waals surface area contributed by atoms with E-state index in [1.54, 1.807) is 54.6 Å². The lowest BCUT2D eigenvalue weighted by Crippen LogP contribution is -2.47. The van der Waals surface area contributed by atoms with Crippen LogP contribution in [0.2, 0.25) is 5.02 Å². The van der Waals surface area contributed by atoms with Crippen LogP contribution < -0.4 is 16.0 Å². The van der Waals surface area contributed by atoms with Crippen molar-refractivity contribution in [1.29, 1.82) is 0 Å². The van der Waals surface area contributed by atoms with Gasteiger partial charge in [-0.3, -0.25) is 10.1 Å². The fourth-order valence-electron chi connectivity index (χ4n) is 3.59. The van der Waals surface area contributed by atoms with Gasteiger partial charge >= 0.3 is 18.4 Å². The van der Waals surface area contributed by atoms with Crippen molar-refractivity contribution in [3.8, 4) is 10.6 Å². The molecule has 1 heterocycles. The first-order chi connectivity index (χ1) is 19.3. The molecule has 0 spiro atoms. The summed E-state index contributed by atoms with van der Waals surface area (Å²) < 4.78 is 79.2. The molecule has 0 aliphatic rings. The standard InChI is InChI=1S/C26H18ClF6N5O2S/c27-18-8-6-15(7-9-18)22-37-38-24(41-22)36-21(39)20(10-14-4-2-1-3-5-14)35-23(40)34-19-12-16(25(28,29)30)11-17(13-19)26(31,32)33/h1-9,11-13,20H,10H2,(H2,34,35,40)(H,36,38,39). The zero-order chi connectivity index (χ0) is 29.8. The Balaban J connectivity index is 1.53. The van der Waals surface area contributed by atoms with Crippen LogP contribution in [0.3, 0.4) is 0 Å². The maximum absolute atomic E-state index is 13.2. The molecule has 7 nitrogen and oxygen atoms in total. The van der Waals surface area contributed by atoms with Crippen LogP contribution in [0.25, 0.3) is 10.6 Å². The predicted molar refractivity (Wildman–Crippen MR) is 142 cm³/mol. The third-order valence-electron chi connectivity index (χ3n) is 5.50. The van der Waals surface area contributed by atoms with Crippen molar-refractivity contribution in [1.82, 2.24) is 15.5 Å². The van der Waals surface area contributed by atoms with E-state index >= 15 is 0 Å². The number of nitrogens with one attached hydrogen (secondary N) is 3. The highest BCUT2D eigenvalue weighted by molar-refractivity contribution is 7.18. The summed E-state index contributed by atoms with van der Waals surface area (Å²) in [5.74, 6) is -0.747. The maximum atomic E-state index is 13.2. The molecule has 1 unspecified atom stereocenters. The van der Waals surface area contributed by atoms with E-state index in [-0.39, 0.29) is 17.6 Å². The molecule has 15 heteroatoms. The Kier molecular flexibility index (Phi) is 8.83. The van der Waals surface area contributed by atoms with Gasteiger partial charge in [-0.1, -0.05) is 65.4 Å². The molecular formula is C26H18ClF6N5O2S. The molecule has 214 valence electrons. The third-order valence-corrected chi connectivity index (χ3v) is 6.64. The fraction of sp³-hybridized carbons (Fsp3) is 0.154. The minimum Gasteiger partial charge on any atom is -0.326 e. The van der Waals surface area contributed by atoms with Gasteiger partial charge in [0.2, 0.25) is 11.0 Å². The van der Waals surface area contributed by atoms with Crippen molar-refractivity contribution in [2.75, 3.05) is 10.6 Å². The van der Waals surface area contributed by atoms with Crippen LogP contribution in [0.15, 0.2) is 72.8 Å². The number of aromatic nitrogens is 2. The van der Waals surface area contributed by atoms with Gasteiger partial charge < -0.3 is 10.6 Å². The number of nitrogens with zero attached hydrogens (tertiary/aromatic N) is 2. The molecular weight excluding hydrogens is 596 g/mol. The molecule has 0 saturated carbocycles. The summed E-state index contributed by atoms with van der Waals surface area (Å²) in [5.41, 5.74) is -2.67. The van der Waals surface area contributed by atoms with Crippen LogP contribution in [0.5, 0.6) is 0 Å². The van der Waals surface area contributed by atoms with E-state index in [1.165, 1.54) is 0 Å². The second-order valence-corrected chi connectivity index (χ2v) is 9.96. The highest BCUT2D eigenvalue weighted by Gasteiger charge is 2.37. The lowest BCUT2D eigenvalue weighted by atomic mass is 10.1. The number of amides is 3. The van der Waals surface area contributed by atoms with E-state index in [2.05, 4.69) is 20.8 Å². The normalized spacial score (nSPS) is 12.5. The SMILES string of the molecule is O=C(Nc1cc(C(F)(F)F)cc(C(F)(F)F)c1)NC(Cc1ccccc1)C(=O)Nc1nnc(-c2ccc(Cl)cc2)s1. The number of rotatable bonds is 7. The first kappa shape index (κ1) is 29.8. The third kappa shape index (κ3) is 8.17. The van der Waals surface area contributed by atoms with E-state index in [1.807, 2.05) is 5.32 Å². The highest BCUT2D eigenvalue weighted by atomic mass is 35.5. The molecule has 0 aliphatic carbocycles. The van der Waals surface area contributed by atoms with Crippen LogP contribution in [0, 0.1) is 0 Å². The van der Waals surface area contributed by atoms with Gasteiger partial charge in [0.05, 0.1) is 11.1 Å². The van der Waals surface area contributed by atoms with E-state index in [9.17, 15) is 35.9 Å². The van der Waals surface area contributed by atoms with Crippen molar-refractivity contribution < 1.29 is 35.9 Å². The number of halogens is 7. The number of anilines is 2. The summed E-state index contributed by atoms with van der Waals surface area (Å²) in [6, 6.07) is 13.3. The Morgan fingerprint density at radius 2 is 1.44 bits per heavy atom. The Morgan fingerprint density at radius 3 is 2.02 bits per heavy atom. The first-order valence-electron chi connectivity index (χ1n) is 11.6. The topological polar surface area (TPSA) is 96.0 Å². The van der Waals surface area contributed by atoms with Crippen molar-refractivity contribution in [3.63, 3.8) is 0 Å². The van der Waals surface area contributed by atoms with Crippen LogP contribution in [0.1, 0.15) is 16.7 Å². The van der Waals surface area contributed by atoms with Crippen LogP contribution in [-0.4, -0.2) is 28.2 Å². The van der Waals surface area contributed by atoms with Crippen molar-refractivity contribution in [2.45, 2.75) is 24.8 Å². The lowest BCUT2D eigenvalue weighted by molar-refractivity contribution is -0.143. The smallest absolute Gasteiger partial charge is 0.326 e. The molecule has 4 aromatic rings. The molecule has 0 bridgehead atoms. The van der Waals surface area contributed by atoms with Gasteiger partial charge in [0, 0.05) is 22.7 Å². The van der Waals surface area contributed by atoms with Gasteiger partial charge in [-0.15, -0.1) is 10.2 Å².